The summed E-state index contributed by atoms with van der Waals surface area (Å²) >= 11 is 0. The third kappa shape index (κ3) is 4.88. The van der Waals surface area contributed by atoms with Crippen LogP contribution in [-0.2, 0) is 24.2 Å². The number of anilines is 1. The van der Waals surface area contributed by atoms with E-state index in [1.807, 2.05) is 29.7 Å². The fourth-order valence-electron chi connectivity index (χ4n) is 2.45. The summed E-state index contributed by atoms with van der Waals surface area (Å²) in [5, 5.41) is 20.5. The van der Waals surface area contributed by atoms with Crippen LogP contribution in [0.4, 0.5) is 10.5 Å². The van der Waals surface area contributed by atoms with Gasteiger partial charge in [0.05, 0.1) is 13.2 Å². The molecular weight excluding hydrogens is 348 g/mol. The zero-order valence-corrected chi connectivity index (χ0v) is 15.3. The second kappa shape index (κ2) is 8.90. The molecule has 142 valence electrons. The normalized spacial score (nSPS) is 10.7. The summed E-state index contributed by atoms with van der Waals surface area (Å²) in [6.07, 6.45) is 2.39. The molecule has 0 aliphatic heterocycles. The Labute approximate surface area is 156 Å². The van der Waals surface area contributed by atoms with Crippen molar-refractivity contribution in [3.63, 3.8) is 0 Å². The fourth-order valence-corrected chi connectivity index (χ4v) is 2.45. The fraction of sp³-hybridized carbons (Fsp3) is 0.353. The highest BCUT2D eigenvalue weighted by Gasteiger charge is 2.09. The molecule has 27 heavy (non-hydrogen) atoms. The average Bonchev–Trinajstić information content (AvgIpc) is 3.34. The molecule has 0 spiro atoms. The zero-order valence-electron chi connectivity index (χ0n) is 15.3. The van der Waals surface area contributed by atoms with Crippen molar-refractivity contribution < 1.29 is 9.53 Å². The monoisotopic (exact) mass is 370 g/mol. The van der Waals surface area contributed by atoms with E-state index in [1.165, 1.54) is 0 Å². The number of aryl methyl sites for hydroxylation is 1. The number of urea groups is 1. The summed E-state index contributed by atoms with van der Waals surface area (Å²) in [6.45, 7) is 3.43. The van der Waals surface area contributed by atoms with Gasteiger partial charge in [-0.15, -0.1) is 10.2 Å². The molecule has 1 aromatic carbocycles. The molecule has 2 amide bonds. The van der Waals surface area contributed by atoms with Crippen LogP contribution in [0.5, 0.6) is 0 Å². The number of aromatic nitrogens is 6. The van der Waals surface area contributed by atoms with Gasteiger partial charge in [0.1, 0.15) is 12.2 Å². The number of nitrogens with zero attached hydrogens (tertiary/aromatic N) is 5. The van der Waals surface area contributed by atoms with E-state index in [1.54, 1.807) is 19.5 Å². The number of H-pyrrole nitrogens is 1. The summed E-state index contributed by atoms with van der Waals surface area (Å²) in [7, 11) is 1.63. The molecule has 2 heterocycles. The first-order chi connectivity index (χ1) is 13.2. The van der Waals surface area contributed by atoms with E-state index in [0.29, 0.717) is 30.5 Å². The van der Waals surface area contributed by atoms with Crippen LogP contribution in [0.25, 0.3) is 11.4 Å². The lowest BCUT2D eigenvalue weighted by molar-refractivity contribution is 0.186. The van der Waals surface area contributed by atoms with E-state index in [9.17, 15) is 4.79 Å². The number of ether oxygens (including phenoxy) is 1. The minimum Gasteiger partial charge on any atom is -0.383 e. The van der Waals surface area contributed by atoms with Gasteiger partial charge in [-0.05, 0) is 12.1 Å². The first-order valence-corrected chi connectivity index (χ1v) is 8.61. The minimum atomic E-state index is -0.335. The van der Waals surface area contributed by atoms with Crippen molar-refractivity contribution in [1.29, 1.82) is 0 Å². The van der Waals surface area contributed by atoms with Crippen LogP contribution in [0.15, 0.2) is 30.6 Å². The van der Waals surface area contributed by atoms with Gasteiger partial charge in [-0.2, -0.15) is 5.10 Å². The maximum absolute atomic E-state index is 12.2. The Balaban J connectivity index is 1.58. The summed E-state index contributed by atoms with van der Waals surface area (Å²) in [5.74, 6) is 2.07. The predicted molar refractivity (Wildman–Crippen MR) is 99.0 cm³/mol. The lowest BCUT2D eigenvalue weighted by Crippen LogP contribution is -2.29. The van der Waals surface area contributed by atoms with Crippen molar-refractivity contribution >= 4 is 11.7 Å². The SMILES string of the molecule is CCc1nc(-c2cccc(NC(=O)NCc3nncn3CCOC)c2)n[nH]1. The molecule has 10 heteroatoms. The third-order valence-electron chi connectivity index (χ3n) is 3.88. The van der Waals surface area contributed by atoms with Crippen LogP contribution in [0.3, 0.4) is 0 Å². The van der Waals surface area contributed by atoms with Gasteiger partial charge in [0.2, 0.25) is 0 Å². The zero-order chi connectivity index (χ0) is 19.1. The van der Waals surface area contributed by atoms with Crippen LogP contribution in [0, 0.1) is 0 Å². The number of hydrogen-bond donors (Lipinski definition) is 3. The molecule has 3 N–H and O–H groups in total. The highest BCUT2D eigenvalue weighted by molar-refractivity contribution is 5.89. The Morgan fingerprint density at radius 1 is 1.37 bits per heavy atom. The van der Waals surface area contributed by atoms with Gasteiger partial charge in [0.25, 0.3) is 0 Å². The lowest BCUT2D eigenvalue weighted by Gasteiger charge is -2.09. The molecule has 0 bridgehead atoms. The molecule has 0 radical (unpaired) electrons. The molecule has 2 aromatic heterocycles. The standard InChI is InChI=1S/C17H22N8O2/c1-3-14-21-16(24-22-14)12-5-4-6-13(9-12)20-17(26)18-10-15-23-19-11-25(15)7-8-27-2/h4-6,9,11H,3,7-8,10H2,1-2H3,(H2,18,20,26)(H,21,22,24). The summed E-state index contributed by atoms with van der Waals surface area (Å²) in [4.78, 5) is 16.6. The van der Waals surface area contributed by atoms with Crippen LogP contribution < -0.4 is 10.6 Å². The Hall–Kier alpha value is -3.27. The quantitative estimate of drug-likeness (QED) is 0.553. The number of amides is 2. The topological polar surface area (TPSA) is 123 Å². The van der Waals surface area contributed by atoms with Crippen molar-refractivity contribution in [2.24, 2.45) is 0 Å². The van der Waals surface area contributed by atoms with E-state index >= 15 is 0 Å². The molecule has 0 fully saturated rings. The van der Waals surface area contributed by atoms with Gasteiger partial charge in [-0.3, -0.25) is 5.10 Å². The van der Waals surface area contributed by atoms with E-state index in [0.717, 1.165) is 17.8 Å². The first-order valence-electron chi connectivity index (χ1n) is 8.61. The minimum absolute atomic E-state index is 0.260. The van der Waals surface area contributed by atoms with E-state index in [-0.39, 0.29) is 12.6 Å². The van der Waals surface area contributed by atoms with Crippen LogP contribution in [0.1, 0.15) is 18.6 Å². The van der Waals surface area contributed by atoms with E-state index in [4.69, 9.17) is 4.74 Å². The first kappa shape index (κ1) is 18.5. The number of benzene rings is 1. The lowest BCUT2D eigenvalue weighted by atomic mass is 10.2. The van der Waals surface area contributed by atoms with E-state index < -0.39 is 0 Å². The molecule has 3 rings (SSSR count). The Bertz CT molecular complexity index is 888. The number of aromatic amines is 1. The molecule has 10 nitrogen and oxygen atoms in total. The summed E-state index contributed by atoms with van der Waals surface area (Å²) < 4.78 is 6.87. The van der Waals surface area contributed by atoms with Crippen LogP contribution in [-0.4, -0.2) is 49.7 Å². The van der Waals surface area contributed by atoms with Crippen molar-refractivity contribution in [2.75, 3.05) is 19.0 Å². The maximum Gasteiger partial charge on any atom is 0.319 e. The van der Waals surface area contributed by atoms with Gasteiger partial charge in [0.15, 0.2) is 11.6 Å². The Kier molecular flexibility index (Phi) is 6.10. The van der Waals surface area contributed by atoms with Crippen molar-refractivity contribution in [2.45, 2.75) is 26.4 Å². The van der Waals surface area contributed by atoms with Gasteiger partial charge in [0, 0.05) is 31.3 Å². The Morgan fingerprint density at radius 3 is 3.04 bits per heavy atom. The van der Waals surface area contributed by atoms with Crippen molar-refractivity contribution in [3.05, 3.63) is 42.2 Å². The molecule has 0 saturated heterocycles. The van der Waals surface area contributed by atoms with E-state index in [2.05, 4.69) is 36.0 Å². The molecule has 0 saturated carbocycles. The number of methoxy groups -OCH3 is 1. The molecule has 0 atom stereocenters. The highest BCUT2D eigenvalue weighted by atomic mass is 16.5. The van der Waals surface area contributed by atoms with Gasteiger partial charge in [-0.1, -0.05) is 19.1 Å². The number of carbonyl (C=O) groups excluding carboxylic acids is 1. The van der Waals surface area contributed by atoms with Gasteiger partial charge < -0.3 is 19.9 Å². The molecular formula is C17H22N8O2. The molecule has 0 aliphatic carbocycles. The maximum atomic E-state index is 12.2. The number of hydrogen-bond acceptors (Lipinski definition) is 6. The smallest absolute Gasteiger partial charge is 0.319 e. The second-order valence-electron chi connectivity index (χ2n) is 5.78. The van der Waals surface area contributed by atoms with Gasteiger partial charge in [-0.25, -0.2) is 9.78 Å². The van der Waals surface area contributed by atoms with Crippen LogP contribution in [0.2, 0.25) is 0 Å². The molecule has 3 aromatic rings. The van der Waals surface area contributed by atoms with Crippen LogP contribution >= 0.6 is 0 Å². The average molecular weight is 370 g/mol. The number of rotatable bonds is 8. The predicted octanol–water partition coefficient (Wildman–Crippen LogP) is 1.59. The largest absolute Gasteiger partial charge is 0.383 e. The van der Waals surface area contributed by atoms with Gasteiger partial charge >= 0.3 is 6.03 Å². The second-order valence-corrected chi connectivity index (χ2v) is 5.78. The van der Waals surface area contributed by atoms with Crippen molar-refractivity contribution in [3.8, 4) is 11.4 Å². The summed E-state index contributed by atoms with van der Waals surface area (Å²) in [6, 6.07) is 7.02. The van der Waals surface area contributed by atoms with Crippen molar-refractivity contribution in [1.82, 2.24) is 35.3 Å². The number of nitrogens with one attached hydrogen (secondary N) is 3. The summed E-state index contributed by atoms with van der Waals surface area (Å²) in [5.41, 5.74) is 1.47. The molecule has 0 unspecified atom stereocenters. The number of carbonyl (C=O) groups is 1. The highest BCUT2D eigenvalue weighted by Crippen LogP contribution is 2.19. The molecule has 0 aliphatic rings. The Morgan fingerprint density at radius 2 is 2.26 bits per heavy atom. The third-order valence-corrected chi connectivity index (χ3v) is 3.88.